The summed E-state index contributed by atoms with van der Waals surface area (Å²) in [7, 11) is 1.31. The van der Waals surface area contributed by atoms with E-state index >= 15 is 0 Å². The smallest absolute Gasteiger partial charge is 0.333 e. The van der Waals surface area contributed by atoms with E-state index in [2.05, 4.69) is 5.32 Å². The lowest BCUT2D eigenvalue weighted by atomic mass is 10.1. The van der Waals surface area contributed by atoms with Gasteiger partial charge in [-0.15, -0.1) is 0 Å². The topological polar surface area (TPSA) is 38.3 Å². The van der Waals surface area contributed by atoms with E-state index < -0.39 is 12.0 Å². The van der Waals surface area contributed by atoms with E-state index in [-0.39, 0.29) is 0 Å². The Morgan fingerprint density at radius 1 is 1.05 bits per heavy atom. The minimum absolute atomic E-state index is 0.388. The summed E-state index contributed by atoms with van der Waals surface area (Å²) >= 11 is 18.2. The number of methoxy groups -OCH3 is 1. The zero-order valence-electron chi connectivity index (χ0n) is 11.1. The highest BCUT2D eigenvalue weighted by Gasteiger charge is 2.26. The van der Waals surface area contributed by atoms with Crippen LogP contribution in [0.2, 0.25) is 15.1 Å². The molecule has 0 amide bonds. The highest BCUT2D eigenvalue weighted by Crippen LogP contribution is 2.33. The van der Waals surface area contributed by atoms with Crippen LogP contribution in [-0.4, -0.2) is 13.1 Å². The van der Waals surface area contributed by atoms with Crippen LogP contribution in [-0.2, 0) is 9.53 Å². The van der Waals surface area contributed by atoms with Crippen molar-refractivity contribution in [2.24, 2.45) is 0 Å². The largest absolute Gasteiger partial charge is 0.467 e. The third kappa shape index (κ3) is 3.82. The second-order valence-electron chi connectivity index (χ2n) is 4.24. The van der Waals surface area contributed by atoms with Crippen LogP contribution in [0.5, 0.6) is 0 Å². The zero-order valence-corrected chi connectivity index (χ0v) is 13.3. The maximum Gasteiger partial charge on any atom is 0.333 e. The molecule has 0 aromatic heterocycles. The van der Waals surface area contributed by atoms with Crippen LogP contribution in [0.25, 0.3) is 0 Å². The Kier molecular flexibility index (Phi) is 5.34. The second-order valence-corrected chi connectivity index (χ2v) is 5.49. The van der Waals surface area contributed by atoms with Crippen molar-refractivity contribution in [3.8, 4) is 0 Å². The van der Waals surface area contributed by atoms with Crippen molar-refractivity contribution in [2.75, 3.05) is 12.4 Å². The molecule has 0 spiro atoms. The molecule has 0 heterocycles. The first-order chi connectivity index (χ1) is 10.0. The van der Waals surface area contributed by atoms with Gasteiger partial charge in [-0.25, -0.2) is 4.79 Å². The first-order valence-corrected chi connectivity index (χ1v) is 7.20. The van der Waals surface area contributed by atoms with E-state index in [1.165, 1.54) is 7.11 Å². The van der Waals surface area contributed by atoms with Gasteiger partial charge in [0, 0.05) is 26.3 Å². The van der Waals surface area contributed by atoms with Gasteiger partial charge in [-0.3, -0.25) is 0 Å². The molecule has 2 rings (SSSR count). The van der Waals surface area contributed by atoms with Gasteiger partial charge in [0.2, 0.25) is 0 Å². The number of hydrogen-bond acceptors (Lipinski definition) is 3. The highest BCUT2D eigenvalue weighted by atomic mass is 35.5. The van der Waals surface area contributed by atoms with Crippen molar-refractivity contribution in [3.63, 3.8) is 0 Å². The quantitative estimate of drug-likeness (QED) is 0.796. The molecule has 2 aromatic rings. The molecule has 21 heavy (non-hydrogen) atoms. The molecule has 1 unspecified atom stereocenters. The lowest BCUT2D eigenvalue weighted by molar-refractivity contribution is -0.141. The Labute approximate surface area is 137 Å². The molecule has 0 radical (unpaired) electrons. The molecule has 0 saturated heterocycles. The first kappa shape index (κ1) is 16.0. The van der Waals surface area contributed by atoms with Gasteiger partial charge >= 0.3 is 5.97 Å². The van der Waals surface area contributed by atoms with Crippen LogP contribution in [0.4, 0.5) is 5.69 Å². The molecule has 0 aliphatic rings. The van der Waals surface area contributed by atoms with E-state index in [1.807, 2.05) is 0 Å². The van der Waals surface area contributed by atoms with Gasteiger partial charge < -0.3 is 10.1 Å². The fourth-order valence-electron chi connectivity index (χ4n) is 1.87. The van der Waals surface area contributed by atoms with Crippen molar-refractivity contribution in [1.29, 1.82) is 0 Å². The Morgan fingerprint density at radius 2 is 1.62 bits per heavy atom. The minimum Gasteiger partial charge on any atom is -0.467 e. The van der Waals surface area contributed by atoms with Crippen molar-refractivity contribution in [3.05, 3.63) is 63.1 Å². The Balaban J connectivity index is 2.39. The molecule has 0 aliphatic carbocycles. The third-order valence-corrected chi connectivity index (χ3v) is 3.79. The Hall–Kier alpha value is -1.42. The summed E-state index contributed by atoms with van der Waals surface area (Å²) in [6.45, 7) is 0. The molecule has 6 heteroatoms. The van der Waals surface area contributed by atoms with Gasteiger partial charge in [0.05, 0.1) is 7.11 Å². The fourth-order valence-corrected chi connectivity index (χ4v) is 2.61. The van der Waals surface area contributed by atoms with Gasteiger partial charge in [0.1, 0.15) is 0 Å². The average molecular weight is 345 g/mol. The minimum atomic E-state index is -0.808. The van der Waals surface area contributed by atoms with Crippen molar-refractivity contribution in [2.45, 2.75) is 6.04 Å². The summed E-state index contributed by atoms with van der Waals surface area (Å²) in [6.07, 6.45) is 0. The average Bonchev–Trinajstić information content (AvgIpc) is 2.47. The normalized spacial score (nSPS) is 11.8. The maximum atomic E-state index is 12.1. The van der Waals surface area contributed by atoms with E-state index in [4.69, 9.17) is 39.5 Å². The van der Waals surface area contributed by atoms with Crippen LogP contribution >= 0.6 is 34.8 Å². The standard InChI is InChI=1S/C15H12Cl3NO2/c1-21-15(20)14(13-11(17)3-2-4-12(13)18)19-10-7-5-9(16)6-8-10/h2-8,14,19H,1H3. The SMILES string of the molecule is COC(=O)C(Nc1ccc(Cl)cc1)c1c(Cl)cccc1Cl. The lowest BCUT2D eigenvalue weighted by Crippen LogP contribution is -2.23. The second kappa shape index (κ2) is 7.03. The molecule has 110 valence electrons. The number of rotatable bonds is 4. The summed E-state index contributed by atoms with van der Waals surface area (Å²) in [5.74, 6) is -0.486. The number of nitrogens with one attached hydrogen (secondary N) is 1. The summed E-state index contributed by atoms with van der Waals surface area (Å²) in [6, 6.07) is 11.2. The van der Waals surface area contributed by atoms with Crippen LogP contribution in [0.1, 0.15) is 11.6 Å². The molecule has 0 saturated carbocycles. The highest BCUT2D eigenvalue weighted by molar-refractivity contribution is 6.36. The number of esters is 1. The van der Waals surface area contributed by atoms with Crippen LogP contribution in [0, 0.1) is 0 Å². The van der Waals surface area contributed by atoms with Gasteiger partial charge in [-0.1, -0.05) is 40.9 Å². The number of anilines is 1. The van der Waals surface area contributed by atoms with E-state index in [1.54, 1.807) is 42.5 Å². The molecule has 0 fully saturated rings. The predicted octanol–water partition coefficient (Wildman–Crippen LogP) is 4.97. The summed E-state index contributed by atoms with van der Waals surface area (Å²) in [4.78, 5) is 12.1. The molecule has 1 atom stereocenters. The summed E-state index contributed by atoms with van der Waals surface area (Å²) < 4.78 is 4.83. The number of hydrogen-bond donors (Lipinski definition) is 1. The van der Waals surface area contributed by atoms with E-state index in [9.17, 15) is 4.79 Å². The van der Waals surface area contributed by atoms with Crippen molar-refractivity contribution in [1.82, 2.24) is 0 Å². The Bertz CT molecular complexity index is 624. The van der Waals surface area contributed by atoms with Crippen molar-refractivity contribution >= 4 is 46.5 Å². The Morgan fingerprint density at radius 3 is 2.14 bits per heavy atom. The van der Waals surface area contributed by atoms with E-state index in [0.717, 1.165) is 0 Å². The third-order valence-electron chi connectivity index (χ3n) is 2.88. The summed E-state index contributed by atoms with van der Waals surface area (Å²) in [5.41, 5.74) is 1.17. The molecule has 0 aliphatic heterocycles. The molecule has 3 nitrogen and oxygen atoms in total. The molecule has 1 N–H and O–H groups in total. The molecule has 0 bridgehead atoms. The monoisotopic (exact) mass is 343 g/mol. The number of benzene rings is 2. The molecular weight excluding hydrogens is 333 g/mol. The van der Waals surface area contributed by atoms with Gasteiger partial charge in [-0.2, -0.15) is 0 Å². The fraction of sp³-hybridized carbons (Fsp3) is 0.133. The maximum absolute atomic E-state index is 12.1. The number of ether oxygens (including phenoxy) is 1. The first-order valence-electron chi connectivity index (χ1n) is 6.06. The van der Waals surface area contributed by atoms with Crippen LogP contribution < -0.4 is 5.32 Å². The zero-order chi connectivity index (χ0) is 15.4. The van der Waals surface area contributed by atoms with Crippen LogP contribution in [0.3, 0.4) is 0 Å². The number of carbonyl (C=O) groups excluding carboxylic acids is 1. The molecular formula is C15H12Cl3NO2. The number of carbonyl (C=O) groups is 1. The van der Waals surface area contributed by atoms with Crippen LogP contribution in [0.15, 0.2) is 42.5 Å². The molecule has 2 aromatic carbocycles. The van der Waals surface area contributed by atoms with Crippen molar-refractivity contribution < 1.29 is 9.53 Å². The summed E-state index contributed by atoms with van der Waals surface area (Å²) in [5, 5.41) is 4.43. The van der Waals surface area contributed by atoms with Gasteiger partial charge in [-0.05, 0) is 36.4 Å². The van der Waals surface area contributed by atoms with Gasteiger partial charge in [0.25, 0.3) is 0 Å². The number of halogens is 3. The predicted molar refractivity (Wildman–Crippen MR) is 86.3 cm³/mol. The van der Waals surface area contributed by atoms with Gasteiger partial charge in [0.15, 0.2) is 6.04 Å². The lowest BCUT2D eigenvalue weighted by Gasteiger charge is -2.20. The van der Waals surface area contributed by atoms with E-state index in [0.29, 0.717) is 26.3 Å².